The molecule has 0 spiro atoms. The van der Waals surface area contributed by atoms with Crippen molar-refractivity contribution in [3.63, 3.8) is 0 Å². The summed E-state index contributed by atoms with van der Waals surface area (Å²) in [5.74, 6) is 0.679. The summed E-state index contributed by atoms with van der Waals surface area (Å²) >= 11 is 0. The minimum Gasteiger partial charge on any atom is -0.497 e. The minimum absolute atomic E-state index is 0.679. The Bertz CT molecular complexity index is 337. The fourth-order valence-electron chi connectivity index (χ4n) is 1.20. The summed E-state index contributed by atoms with van der Waals surface area (Å²) in [5.41, 5.74) is 3.26. The summed E-state index contributed by atoms with van der Waals surface area (Å²) in [6.45, 7) is 9.61. The molecule has 0 amide bonds. The Morgan fingerprint density at radius 1 is 1.46 bits per heavy atom. The van der Waals surface area contributed by atoms with Crippen LogP contribution in [-0.4, -0.2) is 7.11 Å². The van der Waals surface area contributed by atoms with E-state index in [0.717, 1.165) is 11.1 Å². The number of methoxy groups -OCH3 is 1. The summed E-state index contributed by atoms with van der Waals surface area (Å²) in [4.78, 5) is 0. The van der Waals surface area contributed by atoms with Crippen LogP contribution in [0.5, 0.6) is 0 Å². The van der Waals surface area contributed by atoms with Gasteiger partial charge in [-0.2, -0.15) is 0 Å². The molecule has 1 nitrogen and oxygen atoms in total. The van der Waals surface area contributed by atoms with Crippen LogP contribution < -0.4 is 0 Å². The van der Waals surface area contributed by atoms with E-state index in [9.17, 15) is 0 Å². The molecule has 0 unspecified atom stereocenters. The first-order valence-corrected chi connectivity index (χ1v) is 4.15. The lowest BCUT2D eigenvalue weighted by atomic mass is 10.0. The molecule has 0 atom stereocenters. The molecule has 68 valence electrons. The van der Waals surface area contributed by atoms with E-state index >= 15 is 0 Å². The quantitative estimate of drug-likeness (QED) is 0.639. The van der Waals surface area contributed by atoms with Crippen molar-refractivity contribution in [2.24, 2.45) is 0 Å². The fraction of sp³-hybridized carbons (Fsp3) is 0.167. The molecule has 0 aliphatic rings. The normalized spacial score (nSPS) is 9.38. The Labute approximate surface area is 79.4 Å². The molecule has 0 fully saturated rings. The third-order valence-electron chi connectivity index (χ3n) is 1.98. The second-order valence-corrected chi connectivity index (χ2v) is 2.92. The van der Waals surface area contributed by atoms with E-state index in [1.54, 1.807) is 13.2 Å². The minimum atomic E-state index is 0.679. The highest BCUT2D eigenvalue weighted by molar-refractivity contribution is 5.69. The number of ether oxygens (including phenoxy) is 1. The summed E-state index contributed by atoms with van der Waals surface area (Å²) in [5, 5.41) is 0. The molecule has 0 aliphatic heterocycles. The smallest absolute Gasteiger partial charge is 0.119 e. The van der Waals surface area contributed by atoms with Gasteiger partial charge in [-0.1, -0.05) is 36.9 Å². The molecule has 0 aromatic heterocycles. The number of rotatable bonds is 3. The van der Waals surface area contributed by atoms with Gasteiger partial charge in [0, 0.05) is 5.56 Å². The van der Waals surface area contributed by atoms with Crippen LogP contribution in [0.3, 0.4) is 0 Å². The van der Waals surface area contributed by atoms with Crippen LogP contribution in [0.4, 0.5) is 0 Å². The topological polar surface area (TPSA) is 9.23 Å². The second-order valence-electron chi connectivity index (χ2n) is 2.92. The Kier molecular flexibility index (Phi) is 2.91. The molecule has 1 aromatic carbocycles. The van der Waals surface area contributed by atoms with Gasteiger partial charge in [0.1, 0.15) is 5.76 Å². The van der Waals surface area contributed by atoms with Gasteiger partial charge >= 0.3 is 0 Å². The van der Waals surface area contributed by atoms with Crippen LogP contribution in [-0.2, 0) is 4.74 Å². The fourth-order valence-corrected chi connectivity index (χ4v) is 1.20. The van der Waals surface area contributed by atoms with Crippen LogP contribution >= 0.6 is 0 Å². The van der Waals surface area contributed by atoms with Gasteiger partial charge in [0.15, 0.2) is 0 Å². The maximum Gasteiger partial charge on any atom is 0.119 e. The molecular formula is C12H14O. The molecule has 1 heteroatoms. The maximum atomic E-state index is 5.09. The summed E-state index contributed by atoms with van der Waals surface area (Å²) < 4.78 is 5.09. The van der Waals surface area contributed by atoms with E-state index in [1.165, 1.54) is 5.56 Å². The first-order valence-electron chi connectivity index (χ1n) is 4.15. The number of hydrogen-bond donors (Lipinski definition) is 0. The van der Waals surface area contributed by atoms with Crippen LogP contribution in [0, 0.1) is 6.92 Å². The maximum absolute atomic E-state index is 5.09. The highest BCUT2D eigenvalue weighted by atomic mass is 16.5. The molecule has 1 rings (SSSR count). The summed E-state index contributed by atoms with van der Waals surface area (Å²) in [6, 6.07) is 6.11. The van der Waals surface area contributed by atoms with E-state index < -0.39 is 0 Å². The van der Waals surface area contributed by atoms with Gasteiger partial charge in [-0.3, -0.25) is 0 Å². The van der Waals surface area contributed by atoms with Crippen molar-refractivity contribution in [2.75, 3.05) is 7.11 Å². The van der Waals surface area contributed by atoms with Gasteiger partial charge in [-0.15, -0.1) is 0 Å². The Morgan fingerprint density at radius 2 is 2.15 bits per heavy atom. The van der Waals surface area contributed by atoms with Gasteiger partial charge in [-0.05, 0) is 18.6 Å². The van der Waals surface area contributed by atoms with E-state index in [0.29, 0.717) is 5.76 Å². The van der Waals surface area contributed by atoms with Crippen molar-refractivity contribution in [1.82, 2.24) is 0 Å². The van der Waals surface area contributed by atoms with Crippen LogP contribution in [0.25, 0.3) is 11.8 Å². The molecule has 1 aromatic rings. The van der Waals surface area contributed by atoms with E-state index in [1.807, 2.05) is 25.1 Å². The van der Waals surface area contributed by atoms with Crippen molar-refractivity contribution in [3.8, 4) is 0 Å². The van der Waals surface area contributed by atoms with Gasteiger partial charge in [0.05, 0.1) is 7.11 Å². The lowest BCUT2D eigenvalue weighted by Crippen LogP contribution is -1.90. The number of hydrogen-bond acceptors (Lipinski definition) is 1. The molecule has 0 saturated heterocycles. The molecule has 0 radical (unpaired) electrons. The zero-order valence-corrected chi connectivity index (χ0v) is 8.13. The van der Waals surface area contributed by atoms with Crippen molar-refractivity contribution in [3.05, 3.63) is 48.0 Å². The predicted octanol–water partition coefficient (Wildman–Crippen LogP) is 3.26. The van der Waals surface area contributed by atoms with Gasteiger partial charge in [0.25, 0.3) is 0 Å². The Morgan fingerprint density at radius 3 is 2.69 bits per heavy atom. The highest BCUT2D eigenvalue weighted by Gasteiger charge is 2.03. The van der Waals surface area contributed by atoms with Crippen LogP contribution in [0.1, 0.15) is 16.7 Å². The molecule has 0 heterocycles. The monoisotopic (exact) mass is 174 g/mol. The summed E-state index contributed by atoms with van der Waals surface area (Å²) in [6.07, 6.45) is 1.80. The lowest BCUT2D eigenvalue weighted by molar-refractivity contribution is 0.371. The lowest BCUT2D eigenvalue weighted by Gasteiger charge is -2.08. The van der Waals surface area contributed by atoms with Crippen LogP contribution in [0.15, 0.2) is 31.4 Å². The largest absolute Gasteiger partial charge is 0.497 e. The van der Waals surface area contributed by atoms with E-state index in [2.05, 4.69) is 13.2 Å². The molecule has 0 bridgehead atoms. The zero-order valence-electron chi connectivity index (χ0n) is 8.13. The molecule has 0 aliphatic carbocycles. The van der Waals surface area contributed by atoms with Gasteiger partial charge in [-0.25, -0.2) is 0 Å². The van der Waals surface area contributed by atoms with Gasteiger partial charge < -0.3 is 4.74 Å². The van der Waals surface area contributed by atoms with E-state index in [4.69, 9.17) is 4.74 Å². The van der Waals surface area contributed by atoms with Crippen molar-refractivity contribution in [1.29, 1.82) is 0 Å². The van der Waals surface area contributed by atoms with Crippen molar-refractivity contribution < 1.29 is 4.74 Å². The molecule has 0 saturated carbocycles. The van der Waals surface area contributed by atoms with Gasteiger partial charge in [0.2, 0.25) is 0 Å². The third-order valence-corrected chi connectivity index (χ3v) is 1.98. The van der Waals surface area contributed by atoms with Crippen LogP contribution in [0.2, 0.25) is 0 Å². The first kappa shape index (κ1) is 9.59. The van der Waals surface area contributed by atoms with Crippen molar-refractivity contribution >= 4 is 11.8 Å². The highest BCUT2D eigenvalue weighted by Crippen LogP contribution is 2.20. The Balaban J connectivity index is 3.23. The third kappa shape index (κ3) is 2.00. The Hall–Kier alpha value is -1.50. The zero-order chi connectivity index (χ0) is 9.84. The molecule has 0 N–H and O–H groups in total. The van der Waals surface area contributed by atoms with Crippen molar-refractivity contribution in [2.45, 2.75) is 6.92 Å². The first-order chi connectivity index (χ1) is 6.19. The molecule has 13 heavy (non-hydrogen) atoms. The standard InChI is InChI=1S/C12H14O/c1-5-11-7-6-9(2)8-12(11)10(3)13-4/h5-8H,1,3H2,2,4H3. The second kappa shape index (κ2) is 3.94. The molecular weight excluding hydrogens is 160 g/mol. The number of benzene rings is 1. The predicted molar refractivity (Wildman–Crippen MR) is 57.3 cm³/mol. The number of aryl methyl sites for hydroxylation is 1. The summed E-state index contributed by atoms with van der Waals surface area (Å²) in [7, 11) is 1.62. The average molecular weight is 174 g/mol. The SMILES string of the molecule is C=Cc1ccc(C)cc1C(=C)OC. The van der Waals surface area contributed by atoms with E-state index in [-0.39, 0.29) is 0 Å². The average Bonchev–Trinajstić information content (AvgIpc) is 2.16.